The summed E-state index contributed by atoms with van der Waals surface area (Å²) in [7, 11) is 0. The standard InChI is InChI=1S/C49H50N2O/c1-46(2,3)31-24-35-36-25-32(47(4,5)6)27-40(48(7,8)9)44(36)52-43(35)37(26-31)45-50-41(29-17-13-12-14-18-29)28-42(51-45)30-21-22-34-33-19-15-16-20-38(33)49(10,11)39(34)23-30/h12-28H,1-11H3. The van der Waals surface area contributed by atoms with E-state index in [0.29, 0.717) is 5.82 Å². The number of furan rings is 1. The summed E-state index contributed by atoms with van der Waals surface area (Å²) in [6.07, 6.45) is 0. The average Bonchev–Trinajstić information content (AvgIpc) is 3.58. The van der Waals surface area contributed by atoms with Crippen LogP contribution in [0.15, 0.2) is 108 Å². The summed E-state index contributed by atoms with van der Waals surface area (Å²) in [4.78, 5) is 10.8. The first kappa shape index (κ1) is 34.1. The number of benzene rings is 5. The predicted octanol–water partition coefficient (Wildman–Crippen LogP) is 13.6. The molecular formula is C49H50N2O. The van der Waals surface area contributed by atoms with Crippen molar-refractivity contribution in [1.29, 1.82) is 0 Å². The van der Waals surface area contributed by atoms with Gasteiger partial charge in [0.05, 0.1) is 17.0 Å². The van der Waals surface area contributed by atoms with Crippen molar-refractivity contribution in [1.82, 2.24) is 9.97 Å². The van der Waals surface area contributed by atoms with Gasteiger partial charge in [-0.15, -0.1) is 0 Å². The largest absolute Gasteiger partial charge is 0.455 e. The summed E-state index contributed by atoms with van der Waals surface area (Å²) >= 11 is 0. The van der Waals surface area contributed by atoms with E-state index in [2.05, 4.69) is 179 Å². The van der Waals surface area contributed by atoms with Crippen molar-refractivity contribution in [3.8, 4) is 45.0 Å². The summed E-state index contributed by atoms with van der Waals surface area (Å²) in [5.41, 5.74) is 15.3. The highest BCUT2D eigenvalue weighted by Crippen LogP contribution is 2.50. The molecule has 0 N–H and O–H groups in total. The van der Waals surface area contributed by atoms with Gasteiger partial charge in [-0.05, 0) is 80.0 Å². The van der Waals surface area contributed by atoms with Crippen LogP contribution in [0.3, 0.4) is 0 Å². The number of rotatable bonds is 3. The van der Waals surface area contributed by atoms with Gasteiger partial charge in [0.25, 0.3) is 0 Å². The van der Waals surface area contributed by atoms with Crippen molar-refractivity contribution in [3.05, 3.63) is 131 Å². The lowest BCUT2D eigenvalue weighted by Crippen LogP contribution is -2.16. The third-order valence-corrected chi connectivity index (χ3v) is 11.1. The fraction of sp³-hybridized carbons (Fsp3) is 0.306. The molecule has 0 radical (unpaired) electrons. The minimum atomic E-state index is -0.113. The Bertz CT molecular complexity index is 2530. The van der Waals surface area contributed by atoms with Crippen molar-refractivity contribution in [2.75, 3.05) is 0 Å². The Hall–Kier alpha value is -5.02. The highest BCUT2D eigenvalue weighted by molar-refractivity contribution is 6.11. The van der Waals surface area contributed by atoms with E-state index in [1.165, 1.54) is 38.9 Å². The third kappa shape index (κ3) is 5.57. The monoisotopic (exact) mass is 682 g/mol. The van der Waals surface area contributed by atoms with Crippen molar-refractivity contribution in [2.24, 2.45) is 0 Å². The molecule has 1 aliphatic rings. The van der Waals surface area contributed by atoms with E-state index >= 15 is 0 Å². The second kappa shape index (κ2) is 11.5. The van der Waals surface area contributed by atoms with E-state index in [1.54, 1.807) is 0 Å². The van der Waals surface area contributed by atoms with Gasteiger partial charge in [-0.2, -0.15) is 0 Å². The first-order valence-electron chi connectivity index (χ1n) is 18.7. The molecule has 5 aromatic carbocycles. The Balaban J connectivity index is 1.43. The number of fused-ring (bicyclic) bond motifs is 6. The summed E-state index contributed by atoms with van der Waals surface area (Å²) < 4.78 is 7.07. The molecule has 0 atom stereocenters. The fourth-order valence-electron chi connectivity index (χ4n) is 7.91. The maximum absolute atomic E-state index is 7.07. The van der Waals surface area contributed by atoms with Gasteiger partial charge in [-0.1, -0.05) is 149 Å². The van der Waals surface area contributed by atoms with E-state index in [-0.39, 0.29) is 21.7 Å². The molecule has 0 saturated heterocycles. The molecule has 262 valence electrons. The molecule has 2 heterocycles. The minimum absolute atomic E-state index is 0.0178. The van der Waals surface area contributed by atoms with E-state index in [0.717, 1.165) is 50.0 Å². The molecule has 0 unspecified atom stereocenters. The zero-order chi connectivity index (χ0) is 37.0. The first-order chi connectivity index (χ1) is 24.4. The summed E-state index contributed by atoms with van der Waals surface area (Å²) in [6, 6.07) is 37.6. The van der Waals surface area contributed by atoms with Crippen LogP contribution >= 0.6 is 0 Å². The van der Waals surface area contributed by atoms with E-state index in [4.69, 9.17) is 14.4 Å². The lowest BCUT2D eigenvalue weighted by atomic mass is 9.79. The molecule has 0 bridgehead atoms. The SMILES string of the molecule is CC(C)(C)c1cc(-c2nc(-c3ccccc3)cc(-c3ccc4c(c3)C(C)(C)c3ccccc3-4)n2)c2oc3c(C(C)(C)C)cc(C(C)(C)C)cc3c2c1. The van der Waals surface area contributed by atoms with Crippen LogP contribution in [0.25, 0.3) is 67.0 Å². The second-order valence-corrected chi connectivity index (χ2v) is 18.4. The molecule has 0 saturated carbocycles. The van der Waals surface area contributed by atoms with Crippen LogP contribution in [-0.2, 0) is 21.7 Å². The van der Waals surface area contributed by atoms with Crippen LogP contribution in [0.5, 0.6) is 0 Å². The summed E-state index contributed by atoms with van der Waals surface area (Å²) in [5, 5.41) is 2.26. The maximum atomic E-state index is 7.07. The lowest BCUT2D eigenvalue weighted by molar-refractivity contribution is 0.559. The van der Waals surface area contributed by atoms with E-state index < -0.39 is 0 Å². The predicted molar refractivity (Wildman–Crippen MR) is 219 cm³/mol. The molecule has 3 heteroatoms. The Morgan fingerprint density at radius 3 is 1.71 bits per heavy atom. The second-order valence-electron chi connectivity index (χ2n) is 18.4. The van der Waals surface area contributed by atoms with Crippen LogP contribution in [0.1, 0.15) is 104 Å². The smallest absolute Gasteiger partial charge is 0.164 e. The normalized spacial score (nSPS) is 14.2. The molecule has 3 nitrogen and oxygen atoms in total. The first-order valence-corrected chi connectivity index (χ1v) is 18.7. The zero-order valence-corrected chi connectivity index (χ0v) is 32.6. The van der Waals surface area contributed by atoms with Gasteiger partial charge in [0, 0.05) is 32.9 Å². The van der Waals surface area contributed by atoms with E-state index in [9.17, 15) is 0 Å². The molecule has 0 spiro atoms. The molecule has 0 aliphatic heterocycles. The van der Waals surface area contributed by atoms with Gasteiger partial charge in [-0.3, -0.25) is 0 Å². The van der Waals surface area contributed by atoms with Gasteiger partial charge in [0.15, 0.2) is 5.82 Å². The van der Waals surface area contributed by atoms with Crippen LogP contribution in [0.2, 0.25) is 0 Å². The van der Waals surface area contributed by atoms with Crippen molar-refractivity contribution in [2.45, 2.75) is 97.8 Å². The molecular weight excluding hydrogens is 633 g/mol. The number of nitrogens with zero attached hydrogens (tertiary/aromatic N) is 2. The van der Waals surface area contributed by atoms with Crippen LogP contribution in [-0.4, -0.2) is 9.97 Å². The van der Waals surface area contributed by atoms with Crippen LogP contribution in [0, 0.1) is 0 Å². The van der Waals surface area contributed by atoms with Gasteiger partial charge < -0.3 is 4.42 Å². The number of hydrogen-bond donors (Lipinski definition) is 0. The summed E-state index contributed by atoms with van der Waals surface area (Å²) in [5.74, 6) is 0.669. The minimum Gasteiger partial charge on any atom is -0.455 e. The Morgan fingerprint density at radius 1 is 0.481 bits per heavy atom. The molecule has 2 aromatic heterocycles. The quantitative estimate of drug-likeness (QED) is 0.186. The number of hydrogen-bond acceptors (Lipinski definition) is 3. The van der Waals surface area contributed by atoms with Crippen LogP contribution < -0.4 is 0 Å². The van der Waals surface area contributed by atoms with Crippen molar-refractivity contribution in [3.63, 3.8) is 0 Å². The van der Waals surface area contributed by atoms with Crippen molar-refractivity contribution >= 4 is 21.9 Å². The Morgan fingerprint density at radius 2 is 1.06 bits per heavy atom. The highest BCUT2D eigenvalue weighted by atomic mass is 16.3. The third-order valence-electron chi connectivity index (χ3n) is 11.1. The number of aromatic nitrogens is 2. The van der Waals surface area contributed by atoms with Gasteiger partial charge >= 0.3 is 0 Å². The molecule has 7 aromatic rings. The Labute approximate surface area is 309 Å². The van der Waals surface area contributed by atoms with Gasteiger partial charge in [0.1, 0.15) is 11.2 Å². The maximum Gasteiger partial charge on any atom is 0.164 e. The lowest BCUT2D eigenvalue weighted by Gasteiger charge is -2.25. The van der Waals surface area contributed by atoms with E-state index in [1.807, 2.05) is 0 Å². The molecule has 52 heavy (non-hydrogen) atoms. The fourth-order valence-corrected chi connectivity index (χ4v) is 7.91. The van der Waals surface area contributed by atoms with Crippen LogP contribution in [0.4, 0.5) is 0 Å². The molecule has 8 rings (SSSR count). The topological polar surface area (TPSA) is 38.9 Å². The highest BCUT2D eigenvalue weighted by Gasteiger charge is 2.35. The molecule has 0 amide bonds. The zero-order valence-electron chi connectivity index (χ0n) is 32.6. The average molecular weight is 683 g/mol. The van der Waals surface area contributed by atoms with Crippen molar-refractivity contribution < 1.29 is 4.42 Å². The Kier molecular flexibility index (Phi) is 7.53. The van der Waals surface area contributed by atoms with Gasteiger partial charge in [0.2, 0.25) is 0 Å². The van der Waals surface area contributed by atoms with Gasteiger partial charge in [-0.25, -0.2) is 9.97 Å². The molecule has 1 aliphatic carbocycles. The molecule has 0 fully saturated rings. The summed E-state index contributed by atoms with van der Waals surface area (Å²) in [6.45, 7) is 25.2.